The first kappa shape index (κ1) is 19.6. The van der Waals surface area contributed by atoms with Crippen LogP contribution in [-0.4, -0.2) is 21.7 Å². The Bertz CT molecular complexity index is 1060. The summed E-state index contributed by atoms with van der Waals surface area (Å²) in [6, 6.07) is 21.3. The Morgan fingerprint density at radius 3 is 2.32 bits per heavy atom. The van der Waals surface area contributed by atoms with Crippen LogP contribution < -0.4 is 9.47 Å². The van der Waals surface area contributed by atoms with Gasteiger partial charge >= 0.3 is 0 Å². The van der Waals surface area contributed by atoms with Gasteiger partial charge in [-0.15, -0.1) is 0 Å². The first-order valence-electron chi connectivity index (χ1n) is 8.70. The minimum absolute atomic E-state index is 0.149. The van der Waals surface area contributed by atoms with Gasteiger partial charge in [-0.05, 0) is 48.4 Å². The Morgan fingerprint density at radius 2 is 1.64 bits per heavy atom. The molecule has 144 valence electrons. The number of methoxy groups -OCH3 is 1. The highest BCUT2D eigenvalue weighted by molar-refractivity contribution is 7.90. The Kier molecular flexibility index (Phi) is 6.11. The average molecular weight is 395 g/mol. The van der Waals surface area contributed by atoms with Gasteiger partial charge < -0.3 is 9.47 Å². The summed E-state index contributed by atoms with van der Waals surface area (Å²) in [5, 5.41) is 0. The van der Waals surface area contributed by atoms with E-state index in [1.807, 2.05) is 31.2 Å². The number of nitrogens with zero attached hydrogens (tertiary/aromatic N) is 1. The fourth-order valence-electron chi connectivity index (χ4n) is 2.51. The van der Waals surface area contributed by atoms with E-state index in [4.69, 9.17) is 9.47 Å². The van der Waals surface area contributed by atoms with E-state index in [-0.39, 0.29) is 4.90 Å². The number of aryl methyl sites for hydroxylation is 1. The minimum atomic E-state index is -3.74. The molecule has 0 fully saturated rings. The molecule has 0 aromatic heterocycles. The Hall–Kier alpha value is -3.12. The maximum Gasteiger partial charge on any atom is 0.282 e. The fourth-order valence-corrected chi connectivity index (χ4v) is 3.40. The van der Waals surface area contributed by atoms with Crippen molar-refractivity contribution in [2.24, 2.45) is 4.40 Å². The van der Waals surface area contributed by atoms with Gasteiger partial charge in [0.05, 0.1) is 12.0 Å². The average Bonchev–Trinajstić information content (AvgIpc) is 2.73. The molecule has 0 spiro atoms. The number of hydrogen-bond donors (Lipinski definition) is 0. The lowest BCUT2D eigenvalue weighted by molar-refractivity contribution is 0.284. The van der Waals surface area contributed by atoms with Crippen molar-refractivity contribution in [3.63, 3.8) is 0 Å². The number of rotatable bonds is 7. The normalized spacial score (nSPS) is 11.5. The van der Waals surface area contributed by atoms with Crippen molar-refractivity contribution in [3.05, 3.63) is 89.5 Å². The summed E-state index contributed by atoms with van der Waals surface area (Å²) in [6.07, 6.45) is 1.30. The van der Waals surface area contributed by atoms with Crippen LogP contribution in [0.25, 0.3) is 0 Å². The van der Waals surface area contributed by atoms with Crippen LogP contribution in [0.5, 0.6) is 11.5 Å². The van der Waals surface area contributed by atoms with Gasteiger partial charge in [0, 0.05) is 6.21 Å². The summed E-state index contributed by atoms with van der Waals surface area (Å²) >= 11 is 0. The number of sulfonamides is 1. The molecule has 0 amide bonds. The summed E-state index contributed by atoms with van der Waals surface area (Å²) < 4.78 is 39.5. The van der Waals surface area contributed by atoms with Gasteiger partial charge in [0.15, 0.2) is 11.5 Å². The molecule has 0 unspecified atom stereocenters. The molecule has 0 aliphatic heterocycles. The van der Waals surface area contributed by atoms with E-state index in [1.54, 1.807) is 36.4 Å². The van der Waals surface area contributed by atoms with Crippen molar-refractivity contribution in [2.75, 3.05) is 7.11 Å². The molecule has 28 heavy (non-hydrogen) atoms. The van der Waals surface area contributed by atoms with Gasteiger partial charge in [0.25, 0.3) is 10.0 Å². The molecule has 3 rings (SSSR count). The van der Waals surface area contributed by atoms with Gasteiger partial charge in [-0.1, -0.05) is 48.0 Å². The number of ether oxygens (including phenoxy) is 2. The Balaban J connectivity index is 1.74. The number of hydrogen-bond acceptors (Lipinski definition) is 4. The third kappa shape index (κ3) is 4.98. The van der Waals surface area contributed by atoms with Crippen LogP contribution in [0, 0.1) is 6.92 Å². The predicted molar refractivity (Wildman–Crippen MR) is 110 cm³/mol. The van der Waals surface area contributed by atoms with Crippen molar-refractivity contribution >= 4 is 16.2 Å². The molecule has 0 atom stereocenters. The Labute approximate surface area is 165 Å². The van der Waals surface area contributed by atoms with Crippen LogP contribution in [0.3, 0.4) is 0 Å². The molecule has 0 saturated carbocycles. The highest BCUT2D eigenvalue weighted by atomic mass is 32.2. The SMILES string of the molecule is COc1cc(/C=N\S(=O)(=O)c2ccccc2)ccc1OCc1ccc(C)cc1. The first-order valence-corrected chi connectivity index (χ1v) is 10.1. The van der Waals surface area contributed by atoms with Crippen LogP contribution >= 0.6 is 0 Å². The van der Waals surface area contributed by atoms with Crippen LogP contribution in [0.1, 0.15) is 16.7 Å². The third-order valence-corrected chi connectivity index (χ3v) is 5.34. The molecule has 6 heteroatoms. The zero-order valence-corrected chi connectivity index (χ0v) is 16.5. The summed E-state index contributed by atoms with van der Waals surface area (Å²) in [7, 11) is -2.20. The van der Waals surface area contributed by atoms with Crippen LogP contribution in [0.2, 0.25) is 0 Å². The van der Waals surface area contributed by atoms with Crippen molar-refractivity contribution in [3.8, 4) is 11.5 Å². The summed E-state index contributed by atoms with van der Waals surface area (Å²) in [5.74, 6) is 1.08. The monoisotopic (exact) mass is 395 g/mol. The molecule has 0 N–H and O–H groups in total. The van der Waals surface area contributed by atoms with E-state index < -0.39 is 10.0 Å². The molecule has 5 nitrogen and oxygen atoms in total. The predicted octanol–water partition coefficient (Wildman–Crippen LogP) is 4.39. The fraction of sp³-hybridized carbons (Fsp3) is 0.136. The lowest BCUT2D eigenvalue weighted by atomic mass is 10.2. The largest absolute Gasteiger partial charge is 0.493 e. The number of benzene rings is 3. The van der Waals surface area contributed by atoms with Crippen molar-refractivity contribution in [1.29, 1.82) is 0 Å². The highest BCUT2D eigenvalue weighted by Crippen LogP contribution is 2.28. The topological polar surface area (TPSA) is 65.0 Å². The maximum absolute atomic E-state index is 12.3. The van der Waals surface area contributed by atoms with Gasteiger partial charge in [0.2, 0.25) is 0 Å². The summed E-state index contributed by atoms with van der Waals surface area (Å²) in [6.45, 7) is 2.44. The Morgan fingerprint density at radius 1 is 0.929 bits per heavy atom. The summed E-state index contributed by atoms with van der Waals surface area (Å²) in [5.41, 5.74) is 2.83. The van der Waals surface area contributed by atoms with E-state index in [9.17, 15) is 8.42 Å². The zero-order chi connectivity index (χ0) is 20.0. The molecule has 0 saturated heterocycles. The lowest BCUT2D eigenvalue weighted by Crippen LogP contribution is -1.99. The molecular weight excluding hydrogens is 374 g/mol. The second-order valence-corrected chi connectivity index (χ2v) is 7.84. The van der Waals surface area contributed by atoms with Crippen LogP contribution in [0.4, 0.5) is 0 Å². The molecule has 0 heterocycles. The maximum atomic E-state index is 12.3. The zero-order valence-electron chi connectivity index (χ0n) is 15.7. The molecule has 0 aliphatic carbocycles. The van der Waals surface area contributed by atoms with Gasteiger partial charge in [0.1, 0.15) is 6.61 Å². The second kappa shape index (κ2) is 8.71. The lowest BCUT2D eigenvalue weighted by Gasteiger charge is -2.11. The minimum Gasteiger partial charge on any atom is -0.493 e. The van der Waals surface area contributed by atoms with Gasteiger partial charge in [-0.3, -0.25) is 0 Å². The van der Waals surface area contributed by atoms with Crippen molar-refractivity contribution in [2.45, 2.75) is 18.4 Å². The van der Waals surface area contributed by atoms with E-state index in [1.165, 1.54) is 31.0 Å². The third-order valence-electron chi connectivity index (χ3n) is 4.08. The van der Waals surface area contributed by atoms with Crippen LogP contribution in [-0.2, 0) is 16.6 Å². The standard InChI is InChI=1S/C22H21NO4S/c1-17-8-10-18(11-9-17)16-27-21-13-12-19(14-22(21)26-2)15-23-28(24,25)20-6-4-3-5-7-20/h3-15H,16H2,1-2H3/b23-15-. The molecule has 3 aromatic rings. The molecule has 0 bridgehead atoms. The smallest absolute Gasteiger partial charge is 0.282 e. The van der Waals surface area contributed by atoms with E-state index in [0.717, 1.165) is 5.56 Å². The van der Waals surface area contributed by atoms with E-state index in [0.29, 0.717) is 23.7 Å². The van der Waals surface area contributed by atoms with Crippen molar-refractivity contribution in [1.82, 2.24) is 0 Å². The molecular formula is C22H21NO4S. The van der Waals surface area contributed by atoms with Crippen molar-refractivity contribution < 1.29 is 17.9 Å². The first-order chi connectivity index (χ1) is 13.5. The quantitative estimate of drug-likeness (QED) is 0.557. The molecule has 0 aliphatic rings. The second-order valence-electron chi connectivity index (χ2n) is 6.21. The highest BCUT2D eigenvalue weighted by Gasteiger charge is 2.11. The van der Waals surface area contributed by atoms with E-state index in [2.05, 4.69) is 4.40 Å². The molecule has 0 radical (unpaired) electrons. The van der Waals surface area contributed by atoms with E-state index >= 15 is 0 Å². The van der Waals surface area contributed by atoms with Crippen LogP contribution in [0.15, 0.2) is 82.1 Å². The van der Waals surface area contributed by atoms with Gasteiger partial charge in [-0.25, -0.2) is 0 Å². The van der Waals surface area contributed by atoms with Gasteiger partial charge in [-0.2, -0.15) is 12.8 Å². The molecule has 3 aromatic carbocycles. The summed E-state index contributed by atoms with van der Waals surface area (Å²) in [4.78, 5) is 0.149.